The molecule has 106 valence electrons. The summed E-state index contributed by atoms with van der Waals surface area (Å²) in [5, 5.41) is 13.7. The fourth-order valence-electron chi connectivity index (χ4n) is 2.26. The van der Waals surface area contributed by atoms with Crippen molar-refractivity contribution in [3.63, 3.8) is 0 Å². The second-order valence-corrected chi connectivity index (χ2v) is 4.77. The van der Waals surface area contributed by atoms with Gasteiger partial charge in [0.15, 0.2) is 0 Å². The Hall–Kier alpha value is -1.99. The topological polar surface area (TPSA) is 88.7 Å². The van der Waals surface area contributed by atoms with Crippen LogP contribution < -0.4 is 0 Å². The lowest BCUT2D eigenvalue weighted by atomic mass is 10.1. The molecule has 1 aliphatic heterocycles. The number of carbonyl (C=O) groups excluding carboxylic acids is 1. The summed E-state index contributed by atoms with van der Waals surface area (Å²) in [6.07, 6.45) is 1.17. The number of fused-ring (bicyclic) bond motifs is 1. The van der Waals surface area contributed by atoms with E-state index in [1.54, 1.807) is 17.9 Å². The summed E-state index contributed by atoms with van der Waals surface area (Å²) in [6.45, 7) is 3.04. The lowest BCUT2D eigenvalue weighted by Gasteiger charge is -2.32. The van der Waals surface area contributed by atoms with Crippen LogP contribution in [0.15, 0.2) is 16.8 Å². The van der Waals surface area contributed by atoms with Gasteiger partial charge in [0, 0.05) is 19.3 Å². The van der Waals surface area contributed by atoms with Gasteiger partial charge in [0.05, 0.1) is 36.0 Å². The maximum Gasteiger partial charge on any atom is 0.257 e. The van der Waals surface area contributed by atoms with Gasteiger partial charge in [-0.05, 0) is 13.0 Å². The summed E-state index contributed by atoms with van der Waals surface area (Å²) < 4.78 is 10.4. The Kier molecular flexibility index (Phi) is 3.37. The van der Waals surface area contributed by atoms with Crippen molar-refractivity contribution in [1.82, 2.24) is 15.0 Å². The molecule has 1 N–H and O–H groups in total. The van der Waals surface area contributed by atoms with Crippen LogP contribution in [0.1, 0.15) is 16.1 Å². The van der Waals surface area contributed by atoms with Crippen LogP contribution in [0.3, 0.4) is 0 Å². The fourth-order valence-corrected chi connectivity index (χ4v) is 2.26. The molecule has 1 atom stereocenters. The van der Waals surface area contributed by atoms with Crippen molar-refractivity contribution in [2.45, 2.75) is 13.0 Å². The standard InChI is InChI=1S/C13H15N3O4/c1-8-11-4-9(5-14-12(11)20-15-8)13(18)16-2-3-19-10(6-16)7-17/h4-5,10,17H,2-3,6-7H2,1H3. The minimum absolute atomic E-state index is 0.0914. The summed E-state index contributed by atoms with van der Waals surface area (Å²) in [7, 11) is 0. The molecular formula is C13H15N3O4. The van der Waals surface area contributed by atoms with Crippen LogP contribution in [0, 0.1) is 6.92 Å². The number of amides is 1. The third-order valence-corrected chi connectivity index (χ3v) is 3.39. The van der Waals surface area contributed by atoms with Crippen LogP contribution in [-0.2, 0) is 4.74 Å². The van der Waals surface area contributed by atoms with E-state index in [-0.39, 0.29) is 18.6 Å². The van der Waals surface area contributed by atoms with Crippen LogP contribution in [0.25, 0.3) is 11.1 Å². The van der Waals surface area contributed by atoms with Gasteiger partial charge in [-0.25, -0.2) is 4.98 Å². The maximum atomic E-state index is 12.4. The van der Waals surface area contributed by atoms with E-state index in [0.29, 0.717) is 36.7 Å². The molecule has 3 heterocycles. The molecule has 0 radical (unpaired) electrons. The number of aromatic nitrogens is 2. The van der Waals surface area contributed by atoms with Gasteiger partial charge < -0.3 is 19.3 Å². The van der Waals surface area contributed by atoms with E-state index in [1.165, 1.54) is 6.20 Å². The molecule has 1 aliphatic rings. The van der Waals surface area contributed by atoms with Gasteiger partial charge in [-0.15, -0.1) is 0 Å². The van der Waals surface area contributed by atoms with E-state index in [1.807, 2.05) is 0 Å². The first kappa shape index (κ1) is 13.0. The average molecular weight is 277 g/mol. The normalized spacial score (nSPS) is 19.5. The van der Waals surface area contributed by atoms with E-state index in [4.69, 9.17) is 14.4 Å². The molecule has 2 aromatic heterocycles. The molecule has 1 saturated heterocycles. The Bertz CT molecular complexity index is 640. The Labute approximate surface area is 115 Å². The molecule has 3 rings (SSSR count). The van der Waals surface area contributed by atoms with Gasteiger partial charge >= 0.3 is 0 Å². The van der Waals surface area contributed by atoms with Crippen LogP contribution in [0.4, 0.5) is 0 Å². The summed E-state index contributed by atoms with van der Waals surface area (Å²) in [5.74, 6) is -0.123. The average Bonchev–Trinajstić information content (AvgIpc) is 2.87. The number of ether oxygens (including phenoxy) is 1. The predicted molar refractivity (Wildman–Crippen MR) is 69.3 cm³/mol. The predicted octanol–water partition coefficient (Wildman–Crippen LogP) is 0.365. The molecule has 0 aromatic carbocycles. The molecule has 1 fully saturated rings. The largest absolute Gasteiger partial charge is 0.394 e. The zero-order chi connectivity index (χ0) is 14.1. The van der Waals surface area contributed by atoms with Gasteiger partial charge in [0.1, 0.15) is 0 Å². The first-order valence-corrected chi connectivity index (χ1v) is 6.43. The van der Waals surface area contributed by atoms with Crippen molar-refractivity contribution >= 4 is 17.0 Å². The fraction of sp³-hybridized carbons (Fsp3) is 0.462. The van der Waals surface area contributed by atoms with E-state index in [2.05, 4.69) is 10.1 Å². The highest BCUT2D eigenvalue weighted by Gasteiger charge is 2.25. The third-order valence-electron chi connectivity index (χ3n) is 3.39. The molecule has 0 bridgehead atoms. The van der Waals surface area contributed by atoms with Gasteiger partial charge in [-0.2, -0.15) is 0 Å². The van der Waals surface area contributed by atoms with Crippen molar-refractivity contribution in [3.05, 3.63) is 23.5 Å². The maximum absolute atomic E-state index is 12.4. The van der Waals surface area contributed by atoms with Crippen LogP contribution in [0.2, 0.25) is 0 Å². The second-order valence-electron chi connectivity index (χ2n) is 4.77. The number of rotatable bonds is 2. The zero-order valence-corrected chi connectivity index (χ0v) is 11.1. The molecule has 20 heavy (non-hydrogen) atoms. The molecule has 0 spiro atoms. The van der Waals surface area contributed by atoms with Gasteiger partial charge in [-0.3, -0.25) is 4.79 Å². The minimum Gasteiger partial charge on any atom is -0.394 e. The molecule has 0 aliphatic carbocycles. The number of aliphatic hydroxyl groups excluding tert-OH is 1. The van der Waals surface area contributed by atoms with Crippen molar-refractivity contribution in [2.24, 2.45) is 0 Å². The third kappa shape index (κ3) is 2.25. The number of carbonyl (C=O) groups is 1. The zero-order valence-electron chi connectivity index (χ0n) is 11.1. The summed E-state index contributed by atoms with van der Waals surface area (Å²) in [6, 6.07) is 1.74. The first-order valence-electron chi connectivity index (χ1n) is 6.43. The Balaban J connectivity index is 1.86. The minimum atomic E-state index is -0.318. The van der Waals surface area contributed by atoms with Crippen molar-refractivity contribution in [2.75, 3.05) is 26.3 Å². The van der Waals surface area contributed by atoms with Crippen molar-refractivity contribution < 1.29 is 19.2 Å². The second kappa shape index (κ2) is 5.18. The molecule has 0 saturated carbocycles. The summed E-state index contributed by atoms with van der Waals surface area (Å²) in [4.78, 5) is 18.2. The van der Waals surface area contributed by atoms with Crippen LogP contribution >= 0.6 is 0 Å². The van der Waals surface area contributed by atoms with Gasteiger partial charge in [0.25, 0.3) is 11.6 Å². The molecule has 2 aromatic rings. The summed E-state index contributed by atoms with van der Waals surface area (Å²) >= 11 is 0. The van der Waals surface area contributed by atoms with E-state index in [9.17, 15) is 4.79 Å². The highest BCUT2D eigenvalue weighted by molar-refractivity contribution is 5.97. The number of hydrogen-bond donors (Lipinski definition) is 1. The Morgan fingerprint density at radius 2 is 2.45 bits per heavy atom. The van der Waals surface area contributed by atoms with Crippen molar-refractivity contribution in [1.29, 1.82) is 0 Å². The molecule has 7 nitrogen and oxygen atoms in total. The monoisotopic (exact) mass is 277 g/mol. The quantitative estimate of drug-likeness (QED) is 0.853. The molecule has 1 amide bonds. The van der Waals surface area contributed by atoms with Gasteiger partial charge in [0.2, 0.25) is 0 Å². The lowest BCUT2D eigenvalue weighted by Crippen LogP contribution is -2.46. The number of hydrogen-bond acceptors (Lipinski definition) is 6. The van der Waals surface area contributed by atoms with E-state index in [0.717, 1.165) is 5.39 Å². The SMILES string of the molecule is Cc1noc2ncc(C(=O)N3CCOC(CO)C3)cc12. The number of aliphatic hydroxyl groups is 1. The molecule has 1 unspecified atom stereocenters. The van der Waals surface area contributed by atoms with Gasteiger partial charge in [-0.1, -0.05) is 5.16 Å². The number of pyridine rings is 1. The number of morpholine rings is 1. The molecule has 7 heteroatoms. The highest BCUT2D eigenvalue weighted by Crippen LogP contribution is 2.18. The van der Waals surface area contributed by atoms with Crippen molar-refractivity contribution in [3.8, 4) is 0 Å². The number of nitrogens with zero attached hydrogens (tertiary/aromatic N) is 3. The van der Waals surface area contributed by atoms with Crippen LogP contribution in [0.5, 0.6) is 0 Å². The molecular weight excluding hydrogens is 262 g/mol. The number of aryl methyl sites for hydroxylation is 1. The summed E-state index contributed by atoms with van der Waals surface area (Å²) in [5.41, 5.74) is 1.62. The Morgan fingerprint density at radius 1 is 1.60 bits per heavy atom. The Morgan fingerprint density at radius 3 is 3.25 bits per heavy atom. The smallest absolute Gasteiger partial charge is 0.257 e. The first-order chi connectivity index (χ1) is 9.69. The van der Waals surface area contributed by atoms with E-state index < -0.39 is 0 Å². The lowest BCUT2D eigenvalue weighted by molar-refractivity contribution is -0.0447. The van der Waals surface area contributed by atoms with E-state index >= 15 is 0 Å². The van der Waals surface area contributed by atoms with Crippen LogP contribution in [-0.4, -0.2) is 58.5 Å². The highest BCUT2D eigenvalue weighted by atomic mass is 16.5.